The molecule has 1 N–H and O–H groups in total. The van der Waals surface area contributed by atoms with E-state index in [2.05, 4.69) is 84.1 Å². The standard InChI is InChI=1S/C25H23N3O2.C22H17N3O2.C22H20N2O2.C21H18ClN3O3.C21H17FN2O2/c1-15(2)13-19(29)14-22-25-23(16(3)28-30-25)20-7-5-6-8-21(20)24(27-22)17-9-11-18(26-4)12-10-17;1-13(26)12-19-22-20(14(2)25-27-22)17-6-4-5-7-18(17)21(24-19)15-8-10-16(23-3)11-9-15;1-13-8-10-16(11-9-13)21-18-7-5-4-6-17(18)20-15(3)24-26-22(20)19(23-21)12-14(2)25;1-3-27-21(26)24-20-19-17(12(2)25-28-19)15-6-4-5-7-16(15)18(23-20)13-8-10-14(22)11-9-13;1-12(25)11-18-21-19(13(2)24-26-21)16-5-3-4-6-17(16)20(23-18)14-7-9-15(22)10-8-14/h5-12,15,22H,13-14H2,1-3H3;4-11,19H,12H2,1-2H3;4-11,19H,12H2,1-3H3;4-11,20H,3H2,1-2H3,(H,24,26);3-10,18H,11H2,1-2H3. The number of nitrogens with one attached hydrogen (secondary N) is 1. The number of aliphatic imine (C=N–C) groups is 5. The molecule has 10 heterocycles. The van der Waals surface area contributed by atoms with Gasteiger partial charge in [0, 0.05) is 81.6 Å². The lowest BCUT2D eigenvalue weighted by Gasteiger charge is -2.13. The molecular formula is C111H95ClFN13O11. The molecule has 5 atom stereocenters. The number of amides is 1. The first-order chi connectivity index (χ1) is 66.2. The molecule has 0 spiro atoms. The molecule has 0 aliphatic carbocycles. The van der Waals surface area contributed by atoms with Crippen LogP contribution < -0.4 is 5.32 Å². The number of hydrogen-bond acceptors (Lipinski definition) is 21. The number of benzene rings is 10. The van der Waals surface area contributed by atoms with Crippen LogP contribution in [-0.4, -0.2) is 90.2 Å². The molecule has 26 heteroatoms. The van der Waals surface area contributed by atoms with E-state index in [-0.39, 0.29) is 60.9 Å². The Morgan fingerprint density at radius 2 is 0.635 bits per heavy atom. The number of hydrogen-bond donors (Lipinski definition) is 1. The molecule has 15 aromatic rings. The zero-order valence-electron chi connectivity index (χ0n) is 77.4. The van der Waals surface area contributed by atoms with Gasteiger partial charge in [-0.3, -0.25) is 49.5 Å². The van der Waals surface area contributed by atoms with Crippen LogP contribution in [-0.2, 0) is 23.9 Å². The van der Waals surface area contributed by atoms with E-state index in [1.54, 1.807) is 57.2 Å². The average molecular weight is 1840 g/mol. The van der Waals surface area contributed by atoms with Crippen molar-refractivity contribution in [1.82, 2.24) is 31.1 Å². The lowest BCUT2D eigenvalue weighted by atomic mass is 9.92. The number of Topliss-reactive ketones (excluding diaryl/α,β-unsaturated/α-hetero) is 4. The molecule has 0 bridgehead atoms. The molecule has 5 aromatic heterocycles. The molecule has 10 aromatic carbocycles. The van der Waals surface area contributed by atoms with Crippen molar-refractivity contribution in [2.24, 2.45) is 30.9 Å². The first kappa shape index (κ1) is 94.0. The van der Waals surface area contributed by atoms with Crippen molar-refractivity contribution in [2.45, 2.75) is 146 Å². The number of ketones is 4. The van der Waals surface area contributed by atoms with E-state index < -0.39 is 30.4 Å². The molecule has 684 valence electrons. The Bertz CT molecular complexity index is 7220. The second kappa shape index (κ2) is 41.5. The third kappa shape index (κ3) is 20.5. The van der Waals surface area contributed by atoms with Crippen molar-refractivity contribution < 1.29 is 55.7 Å². The highest BCUT2D eigenvalue weighted by atomic mass is 35.5. The van der Waals surface area contributed by atoms with Crippen LogP contribution in [0.15, 0.2) is 290 Å². The summed E-state index contributed by atoms with van der Waals surface area (Å²) < 4.78 is 46.5. The fourth-order valence-corrected chi connectivity index (χ4v) is 17.7. The maximum atomic E-state index is 13.4. The predicted molar refractivity (Wildman–Crippen MR) is 525 cm³/mol. The molecule has 24 nitrogen and oxygen atoms in total. The Hall–Kier alpha value is -16.3. The fourth-order valence-electron chi connectivity index (χ4n) is 17.6. The average Bonchev–Trinajstić information content (AvgIpc) is 1.64. The van der Waals surface area contributed by atoms with E-state index in [9.17, 15) is 28.4 Å². The lowest BCUT2D eigenvalue weighted by Crippen LogP contribution is -2.28. The van der Waals surface area contributed by atoms with Crippen LogP contribution in [0.1, 0.15) is 222 Å². The zero-order chi connectivity index (χ0) is 96.4. The van der Waals surface area contributed by atoms with Crippen LogP contribution >= 0.6 is 11.6 Å². The number of aromatic nitrogens is 5. The van der Waals surface area contributed by atoms with Gasteiger partial charge < -0.3 is 27.4 Å². The van der Waals surface area contributed by atoms with Gasteiger partial charge in [0.15, 0.2) is 46.3 Å². The summed E-state index contributed by atoms with van der Waals surface area (Å²) >= 11 is 6.05. The molecule has 1 amide bonds. The summed E-state index contributed by atoms with van der Waals surface area (Å²) in [5, 5.41) is 24.1. The second-order valence-electron chi connectivity index (χ2n) is 34.2. The number of alkyl carbamates (subject to hydrolysis) is 1. The largest absolute Gasteiger partial charge is 0.450 e. The molecule has 0 saturated heterocycles. The molecule has 5 aliphatic heterocycles. The Kier molecular flexibility index (Phi) is 28.5. The molecular weight excluding hydrogens is 1750 g/mol. The quantitative estimate of drug-likeness (QED) is 0.0828. The SMILES string of the molecule is CC(=O)CC1N=C(c2ccc(C)cc2)c2ccccc2-c2c(C)noc21.CC(=O)CC1N=C(c2ccc(F)cc2)c2ccccc2-c2c(C)noc21.CCOC(=O)NC1N=C(c2ccc(Cl)cc2)c2ccccc2-c2c(C)noc21.[C-]#[N+]c1ccc(C2=NC(CC(=O)CC(C)C)c3onc(C)c3-c3ccccc32)cc1.[C-]#[N+]c1ccc(C2=NC(CC(C)=O)c3onc(C)c3-c3ccccc32)cc1. The zero-order valence-corrected chi connectivity index (χ0v) is 78.2. The third-order valence-electron chi connectivity index (χ3n) is 23.7. The molecule has 0 radical (unpaired) electrons. The summed E-state index contributed by atoms with van der Waals surface area (Å²) in [6.45, 7) is 36.7. The van der Waals surface area contributed by atoms with Crippen LogP contribution in [0.25, 0.3) is 65.3 Å². The molecule has 5 aliphatic rings. The van der Waals surface area contributed by atoms with Crippen molar-refractivity contribution in [2.75, 3.05) is 6.61 Å². The maximum absolute atomic E-state index is 13.4. The number of halogens is 2. The van der Waals surface area contributed by atoms with Crippen molar-refractivity contribution in [3.63, 3.8) is 0 Å². The van der Waals surface area contributed by atoms with Gasteiger partial charge >= 0.3 is 6.09 Å². The molecule has 0 fully saturated rings. The van der Waals surface area contributed by atoms with Gasteiger partial charge in [-0.25, -0.2) is 18.9 Å². The van der Waals surface area contributed by atoms with Gasteiger partial charge in [0.2, 0.25) is 0 Å². The van der Waals surface area contributed by atoms with Crippen molar-refractivity contribution in [3.8, 4) is 55.6 Å². The Morgan fingerprint density at radius 3 is 0.927 bits per heavy atom. The Balaban J connectivity index is 0.000000124. The van der Waals surface area contributed by atoms with Gasteiger partial charge in [-0.05, 0) is 150 Å². The topological polar surface area (TPSA) is 307 Å². The van der Waals surface area contributed by atoms with E-state index >= 15 is 0 Å². The van der Waals surface area contributed by atoms with Gasteiger partial charge in [0.25, 0.3) is 0 Å². The number of aryl methyl sites for hydroxylation is 6. The van der Waals surface area contributed by atoms with Crippen LogP contribution in [0.5, 0.6) is 0 Å². The smallest absolute Gasteiger partial charge is 0.409 e. The lowest BCUT2D eigenvalue weighted by molar-refractivity contribution is -0.120. The van der Waals surface area contributed by atoms with E-state index in [1.165, 1.54) is 24.6 Å². The van der Waals surface area contributed by atoms with E-state index in [0.29, 0.717) is 64.0 Å². The summed E-state index contributed by atoms with van der Waals surface area (Å²) in [5.41, 5.74) is 28.9. The number of fused-ring (bicyclic) bond motifs is 15. The third-order valence-corrected chi connectivity index (χ3v) is 23.9. The number of nitrogens with zero attached hydrogens (tertiary/aromatic N) is 12. The van der Waals surface area contributed by atoms with Crippen molar-refractivity contribution in [1.29, 1.82) is 0 Å². The first-order valence-electron chi connectivity index (χ1n) is 44.9. The van der Waals surface area contributed by atoms with E-state index in [0.717, 1.165) is 168 Å². The molecule has 137 heavy (non-hydrogen) atoms. The summed E-state index contributed by atoms with van der Waals surface area (Å²) in [6, 6.07) is 75.0. The van der Waals surface area contributed by atoms with Crippen LogP contribution in [0.3, 0.4) is 0 Å². The minimum atomic E-state index is -0.770. The van der Waals surface area contributed by atoms with Crippen LogP contribution in [0, 0.1) is 66.4 Å². The highest BCUT2D eigenvalue weighted by Crippen LogP contribution is 2.48. The highest BCUT2D eigenvalue weighted by Gasteiger charge is 2.38. The minimum Gasteiger partial charge on any atom is -0.450 e. The van der Waals surface area contributed by atoms with E-state index in [1.807, 2.05) is 206 Å². The monoisotopic (exact) mass is 1840 g/mol. The first-order valence-corrected chi connectivity index (χ1v) is 45.3. The number of ether oxygens (including phenoxy) is 1. The number of rotatable bonds is 17. The minimum absolute atomic E-state index is 0.0168. The van der Waals surface area contributed by atoms with Crippen LogP contribution in [0.2, 0.25) is 5.02 Å². The normalized spacial score (nSPS) is 15.3. The highest BCUT2D eigenvalue weighted by molar-refractivity contribution is 6.31. The van der Waals surface area contributed by atoms with Crippen LogP contribution in [0.4, 0.5) is 20.6 Å². The molecule has 5 unspecified atom stereocenters. The maximum Gasteiger partial charge on any atom is 0.409 e. The fraction of sp³-hybridized carbons (Fsp3) is 0.216. The van der Waals surface area contributed by atoms with Gasteiger partial charge in [0.1, 0.15) is 53.1 Å². The summed E-state index contributed by atoms with van der Waals surface area (Å²) in [6.07, 6.45) is 0.212. The summed E-state index contributed by atoms with van der Waals surface area (Å²) in [5.74, 6) is 3.30. The molecule has 20 rings (SSSR count). The Morgan fingerprint density at radius 1 is 0.372 bits per heavy atom. The van der Waals surface area contributed by atoms with Crippen molar-refractivity contribution >= 4 is 80.8 Å². The molecule has 0 saturated carbocycles. The predicted octanol–water partition coefficient (Wildman–Crippen LogP) is 25.6. The number of carbonyl (C=O) groups is 5. The van der Waals surface area contributed by atoms with Gasteiger partial charge in [-0.1, -0.05) is 263 Å². The summed E-state index contributed by atoms with van der Waals surface area (Å²) in [7, 11) is 0. The van der Waals surface area contributed by atoms with Crippen molar-refractivity contribution in [3.05, 3.63) is 395 Å². The van der Waals surface area contributed by atoms with Gasteiger partial charge in [0.05, 0.1) is 105 Å². The Labute approximate surface area is 796 Å². The summed E-state index contributed by atoms with van der Waals surface area (Å²) in [4.78, 5) is 91.9. The van der Waals surface area contributed by atoms with Gasteiger partial charge in [-0.15, -0.1) is 0 Å². The second-order valence-corrected chi connectivity index (χ2v) is 34.7. The number of carbonyl (C=O) groups excluding carboxylic acids is 5. The van der Waals surface area contributed by atoms with E-state index in [4.69, 9.17) is 77.1 Å². The van der Waals surface area contributed by atoms with Gasteiger partial charge in [-0.2, -0.15) is 0 Å².